The fourth-order valence-electron chi connectivity index (χ4n) is 5.44. The second-order valence-electron chi connectivity index (χ2n) is 10.8. The highest BCUT2D eigenvalue weighted by Crippen LogP contribution is 2.34. The van der Waals surface area contributed by atoms with Crippen molar-refractivity contribution in [3.63, 3.8) is 0 Å². The van der Waals surface area contributed by atoms with Crippen molar-refractivity contribution in [2.75, 3.05) is 6.61 Å². The third kappa shape index (κ3) is 10.5. The van der Waals surface area contributed by atoms with Crippen LogP contribution < -0.4 is 9.47 Å². The lowest BCUT2D eigenvalue weighted by Gasteiger charge is -2.28. The lowest BCUT2D eigenvalue weighted by Crippen LogP contribution is -2.15. The van der Waals surface area contributed by atoms with Crippen molar-refractivity contribution in [2.45, 2.75) is 103 Å². The zero-order valence-electron chi connectivity index (χ0n) is 23.1. The van der Waals surface area contributed by atoms with Gasteiger partial charge in [0, 0.05) is 0 Å². The average molecular weight is 522 g/mol. The summed E-state index contributed by atoms with van der Waals surface area (Å²) >= 11 is 0. The Morgan fingerprint density at radius 1 is 0.868 bits per heavy atom. The van der Waals surface area contributed by atoms with E-state index in [4.69, 9.17) is 14.7 Å². The molecule has 0 unspecified atom stereocenters. The number of unbranched alkanes of at least 4 members (excludes halogenated alkanes) is 7. The van der Waals surface area contributed by atoms with E-state index in [1.165, 1.54) is 102 Å². The summed E-state index contributed by atoms with van der Waals surface area (Å²) in [5, 5.41) is 8.82. The highest BCUT2D eigenvalue weighted by atomic mass is 19.1. The van der Waals surface area contributed by atoms with Crippen molar-refractivity contribution in [1.29, 1.82) is 5.26 Å². The summed E-state index contributed by atoms with van der Waals surface area (Å²) in [6.07, 6.45) is 20.4. The van der Waals surface area contributed by atoms with Gasteiger partial charge in [0.05, 0.1) is 23.8 Å². The maximum absolute atomic E-state index is 14.0. The molecule has 206 valence electrons. The highest BCUT2D eigenvalue weighted by molar-refractivity contribution is 5.91. The van der Waals surface area contributed by atoms with Crippen LogP contribution in [0.25, 0.3) is 0 Å². The molecule has 0 radical (unpaired) electrons. The maximum Gasteiger partial charge on any atom is 0.343 e. The van der Waals surface area contributed by atoms with Crippen molar-refractivity contribution in [3.05, 3.63) is 59.4 Å². The predicted molar refractivity (Wildman–Crippen MR) is 150 cm³/mol. The standard InChI is InChI=1S/C33H44FNO3/c1-2-3-4-5-6-7-8-9-11-26-13-15-27(16-14-26)12-10-23-37-30-20-18-29(19-21-30)33(36)38-32-22-17-28(25-35)24-31(32)34/h17-22,24,26-27H,2-16,23H2,1H3. The Hall–Kier alpha value is -2.87. The molecule has 2 aromatic rings. The SMILES string of the molecule is CCCCCCCCCCC1CCC(CCCOc2ccc(C(=O)Oc3ccc(C#N)cc3F)cc2)CC1. The summed E-state index contributed by atoms with van der Waals surface area (Å²) in [6.45, 7) is 2.94. The van der Waals surface area contributed by atoms with Gasteiger partial charge in [-0.1, -0.05) is 90.4 Å². The number of rotatable bonds is 16. The van der Waals surface area contributed by atoms with Crippen molar-refractivity contribution in [1.82, 2.24) is 0 Å². The molecule has 0 heterocycles. The van der Waals surface area contributed by atoms with E-state index >= 15 is 0 Å². The largest absolute Gasteiger partial charge is 0.494 e. The highest BCUT2D eigenvalue weighted by Gasteiger charge is 2.20. The van der Waals surface area contributed by atoms with Crippen molar-refractivity contribution >= 4 is 5.97 Å². The van der Waals surface area contributed by atoms with Gasteiger partial charge in [-0.2, -0.15) is 5.26 Å². The van der Waals surface area contributed by atoms with Gasteiger partial charge in [0.2, 0.25) is 0 Å². The first-order chi connectivity index (χ1) is 18.6. The monoisotopic (exact) mass is 521 g/mol. The maximum atomic E-state index is 14.0. The topological polar surface area (TPSA) is 59.3 Å². The first-order valence-corrected chi connectivity index (χ1v) is 14.7. The summed E-state index contributed by atoms with van der Waals surface area (Å²) in [7, 11) is 0. The summed E-state index contributed by atoms with van der Waals surface area (Å²) < 4.78 is 25.0. The van der Waals surface area contributed by atoms with Gasteiger partial charge in [0.25, 0.3) is 0 Å². The molecule has 0 saturated heterocycles. The van der Waals surface area contributed by atoms with E-state index < -0.39 is 11.8 Å². The Bertz CT molecular complexity index is 1010. The third-order valence-electron chi connectivity index (χ3n) is 7.81. The molecule has 0 N–H and O–H groups in total. The van der Waals surface area contributed by atoms with Crippen LogP contribution in [0, 0.1) is 29.0 Å². The third-order valence-corrected chi connectivity index (χ3v) is 7.81. The smallest absolute Gasteiger partial charge is 0.343 e. The molecule has 0 bridgehead atoms. The normalized spacial score (nSPS) is 17.1. The Kier molecular flexibility index (Phi) is 13.2. The molecule has 1 saturated carbocycles. The molecule has 0 aliphatic heterocycles. The second-order valence-corrected chi connectivity index (χ2v) is 10.8. The molecule has 0 atom stereocenters. The van der Waals surface area contributed by atoms with Crippen LogP contribution in [0.1, 0.15) is 119 Å². The van der Waals surface area contributed by atoms with Gasteiger partial charge in [-0.05, 0) is 67.1 Å². The van der Waals surface area contributed by atoms with E-state index in [0.29, 0.717) is 17.9 Å². The van der Waals surface area contributed by atoms with E-state index in [2.05, 4.69) is 6.92 Å². The summed E-state index contributed by atoms with van der Waals surface area (Å²) in [5.41, 5.74) is 0.482. The molecule has 0 spiro atoms. The van der Waals surface area contributed by atoms with Gasteiger partial charge < -0.3 is 9.47 Å². The molecule has 3 rings (SSSR count). The van der Waals surface area contributed by atoms with Crippen LogP contribution in [0.3, 0.4) is 0 Å². The van der Waals surface area contributed by atoms with Gasteiger partial charge in [-0.25, -0.2) is 9.18 Å². The van der Waals surface area contributed by atoms with E-state index in [1.807, 2.05) is 6.07 Å². The number of nitrogens with zero attached hydrogens (tertiary/aromatic N) is 1. The molecule has 4 nitrogen and oxygen atoms in total. The fourth-order valence-corrected chi connectivity index (χ4v) is 5.44. The van der Waals surface area contributed by atoms with Crippen LogP contribution >= 0.6 is 0 Å². The van der Waals surface area contributed by atoms with Gasteiger partial charge in [-0.15, -0.1) is 0 Å². The number of hydrogen-bond donors (Lipinski definition) is 0. The Labute approximate surface area is 228 Å². The Balaban J connectivity index is 1.25. The van der Waals surface area contributed by atoms with Crippen LogP contribution in [-0.4, -0.2) is 12.6 Å². The molecule has 5 heteroatoms. The number of halogens is 1. The van der Waals surface area contributed by atoms with Gasteiger partial charge in [0.15, 0.2) is 11.6 Å². The predicted octanol–water partition coefficient (Wildman–Crippen LogP) is 9.41. The van der Waals surface area contributed by atoms with E-state index in [0.717, 1.165) is 24.3 Å². The van der Waals surface area contributed by atoms with Crippen LogP contribution in [0.5, 0.6) is 11.5 Å². The molecule has 1 aliphatic rings. The molecule has 38 heavy (non-hydrogen) atoms. The molecule has 1 aliphatic carbocycles. The van der Waals surface area contributed by atoms with Crippen LogP contribution in [0.15, 0.2) is 42.5 Å². The van der Waals surface area contributed by atoms with Crippen molar-refractivity contribution in [3.8, 4) is 17.6 Å². The van der Waals surface area contributed by atoms with Crippen LogP contribution in [0.2, 0.25) is 0 Å². The number of benzene rings is 2. The number of hydrogen-bond acceptors (Lipinski definition) is 4. The molecular formula is C33H44FNO3. The first-order valence-electron chi connectivity index (χ1n) is 14.7. The number of carbonyl (C=O) groups is 1. The summed E-state index contributed by atoms with van der Waals surface area (Å²) in [6, 6.07) is 12.3. The second kappa shape index (κ2) is 16.9. The zero-order valence-corrected chi connectivity index (χ0v) is 23.1. The molecule has 2 aromatic carbocycles. The summed E-state index contributed by atoms with van der Waals surface area (Å²) in [5.74, 6) is 0.888. The minimum Gasteiger partial charge on any atom is -0.494 e. The number of ether oxygens (including phenoxy) is 2. The van der Waals surface area contributed by atoms with E-state index in [9.17, 15) is 9.18 Å². The van der Waals surface area contributed by atoms with Gasteiger partial charge in [0.1, 0.15) is 5.75 Å². The zero-order chi connectivity index (χ0) is 27.0. The van der Waals surface area contributed by atoms with E-state index in [1.54, 1.807) is 24.3 Å². The number of esters is 1. The fraction of sp³-hybridized carbons (Fsp3) is 0.576. The number of carbonyl (C=O) groups excluding carboxylic acids is 1. The lowest BCUT2D eigenvalue weighted by molar-refractivity contribution is 0.0728. The quantitative estimate of drug-likeness (QED) is 0.125. The Morgan fingerprint density at radius 3 is 2.08 bits per heavy atom. The molecule has 1 fully saturated rings. The number of nitriles is 1. The Morgan fingerprint density at radius 2 is 1.47 bits per heavy atom. The van der Waals surface area contributed by atoms with Crippen molar-refractivity contribution in [2.24, 2.45) is 11.8 Å². The van der Waals surface area contributed by atoms with Crippen molar-refractivity contribution < 1.29 is 18.7 Å². The molecule has 0 aromatic heterocycles. The summed E-state index contributed by atoms with van der Waals surface area (Å²) in [4.78, 5) is 12.3. The minimum absolute atomic E-state index is 0.172. The van der Waals surface area contributed by atoms with Crippen LogP contribution in [0.4, 0.5) is 4.39 Å². The van der Waals surface area contributed by atoms with Gasteiger partial charge >= 0.3 is 5.97 Å². The van der Waals surface area contributed by atoms with Crippen LogP contribution in [-0.2, 0) is 0 Å². The minimum atomic E-state index is -0.741. The van der Waals surface area contributed by atoms with E-state index in [-0.39, 0.29) is 11.3 Å². The first kappa shape index (κ1) is 29.7. The molecular weight excluding hydrogens is 477 g/mol. The lowest BCUT2D eigenvalue weighted by atomic mass is 9.78. The average Bonchev–Trinajstić information content (AvgIpc) is 2.94. The molecule has 0 amide bonds. The van der Waals surface area contributed by atoms with Gasteiger partial charge in [-0.3, -0.25) is 0 Å².